The van der Waals surface area contributed by atoms with Gasteiger partial charge in [0, 0.05) is 38.3 Å². The first-order chi connectivity index (χ1) is 10.3. The van der Waals surface area contributed by atoms with Crippen LogP contribution in [0.3, 0.4) is 0 Å². The number of piperazine rings is 1. The SMILES string of the molecule is CCCNC1CCC(C)CC1CN1CCN2CCCC2C1. The van der Waals surface area contributed by atoms with Gasteiger partial charge in [-0.1, -0.05) is 13.8 Å². The molecule has 21 heavy (non-hydrogen) atoms. The summed E-state index contributed by atoms with van der Waals surface area (Å²) in [5.74, 6) is 1.82. The predicted molar refractivity (Wildman–Crippen MR) is 89.6 cm³/mol. The van der Waals surface area contributed by atoms with Crippen LogP contribution in [-0.2, 0) is 0 Å². The summed E-state index contributed by atoms with van der Waals surface area (Å²) in [5.41, 5.74) is 0. The minimum Gasteiger partial charge on any atom is -0.314 e. The second kappa shape index (κ2) is 7.43. The summed E-state index contributed by atoms with van der Waals surface area (Å²) in [4.78, 5) is 5.52. The lowest BCUT2D eigenvalue weighted by atomic mass is 9.78. The molecule has 2 heterocycles. The molecular formula is C18H35N3. The van der Waals surface area contributed by atoms with Crippen molar-refractivity contribution >= 4 is 0 Å². The van der Waals surface area contributed by atoms with E-state index in [4.69, 9.17) is 0 Å². The van der Waals surface area contributed by atoms with Crippen LogP contribution in [0.4, 0.5) is 0 Å². The summed E-state index contributed by atoms with van der Waals surface area (Å²) >= 11 is 0. The first-order valence-electron chi connectivity index (χ1n) is 9.46. The average molecular weight is 293 g/mol. The van der Waals surface area contributed by atoms with E-state index in [2.05, 4.69) is 29.0 Å². The van der Waals surface area contributed by atoms with E-state index < -0.39 is 0 Å². The predicted octanol–water partition coefficient (Wildman–Crippen LogP) is 2.57. The van der Waals surface area contributed by atoms with Crippen molar-refractivity contribution in [2.75, 3.05) is 39.3 Å². The lowest BCUT2D eigenvalue weighted by Crippen LogP contribution is -2.53. The number of nitrogens with one attached hydrogen (secondary N) is 1. The van der Waals surface area contributed by atoms with Gasteiger partial charge in [-0.15, -0.1) is 0 Å². The van der Waals surface area contributed by atoms with Crippen LogP contribution in [0.2, 0.25) is 0 Å². The van der Waals surface area contributed by atoms with Crippen LogP contribution in [0.1, 0.15) is 52.4 Å². The molecule has 3 fully saturated rings. The number of hydrogen-bond donors (Lipinski definition) is 1. The van der Waals surface area contributed by atoms with E-state index in [-0.39, 0.29) is 0 Å². The van der Waals surface area contributed by atoms with Crippen LogP contribution in [0.25, 0.3) is 0 Å². The normalized spacial score (nSPS) is 38.6. The standard InChI is InChI=1S/C18H35N3/c1-3-8-19-18-7-6-15(2)12-16(18)13-20-10-11-21-9-4-5-17(21)14-20/h15-19H,3-14H2,1-2H3. The summed E-state index contributed by atoms with van der Waals surface area (Å²) in [6.45, 7) is 12.6. The highest BCUT2D eigenvalue weighted by Gasteiger charge is 2.34. The summed E-state index contributed by atoms with van der Waals surface area (Å²) in [5, 5.41) is 3.84. The van der Waals surface area contributed by atoms with E-state index in [9.17, 15) is 0 Å². The van der Waals surface area contributed by atoms with E-state index in [1.54, 1.807) is 0 Å². The summed E-state index contributed by atoms with van der Waals surface area (Å²) in [6, 6.07) is 1.66. The molecule has 4 unspecified atom stereocenters. The fourth-order valence-electron chi connectivity index (χ4n) is 4.85. The van der Waals surface area contributed by atoms with E-state index in [0.29, 0.717) is 0 Å². The molecule has 3 aliphatic rings. The number of hydrogen-bond acceptors (Lipinski definition) is 3. The van der Waals surface area contributed by atoms with Crippen molar-refractivity contribution in [1.82, 2.24) is 15.1 Å². The molecule has 0 radical (unpaired) electrons. The molecule has 1 aliphatic carbocycles. The van der Waals surface area contributed by atoms with Crippen molar-refractivity contribution in [3.8, 4) is 0 Å². The van der Waals surface area contributed by atoms with Gasteiger partial charge < -0.3 is 10.2 Å². The Bertz CT molecular complexity index is 318. The smallest absolute Gasteiger partial charge is 0.0224 e. The molecule has 3 rings (SSSR count). The molecule has 0 aromatic heterocycles. The molecule has 0 bridgehead atoms. The van der Waals surface area contributed by atoms with Gasteiger partial charge in [0.2, 0.25) is 0 Å². The average Bonchev–Trinajstić information content (AvgIpc) is 2.94. The van der Waals surface area contributed by atoms with Gasteiger partial charge in [-0.3, -0.25) is 4.90 Å². The largest absolute Gasteiger partial charge is 0.314 e. The lowest BCUT2D eigenvalue weighted by Gasteiger charge is -2.42. The maximum absolute atomic E-state index is 3.84. The highest BCUT2D eigenvalue weighted by molar-refractivity contribution is 4.90. The van der Waals surface area contributed by atoms with Gasteiger partial charge in [0.15, 0.2) is 0 Å². The molecule has 2 aliphatic heterocycles. The van der Waals surface area contributed by atoms with Crippen molar-refractivity contribution in [2.45, 2.75) is 64.5 Å². The topological polar surface area (TPSA) is 18.5 Å². The zero-order valence-corrected chi connectivity index (χ0v) is 14.2. The second-order valence-corrected chi connectivity index (χ2v) is 7.83. The maximum Gasteiger partial charge on any atom is 0.0224 e. The maximum atomic E-state index is 3.84. The van der Waals surface area contributed by atoms with Crippen LogP contribution < -0.4 is 5.32 Å². The first-order valence-corrected chi connectivity index (χ1v) is 9.46. The molecule has 1 saturated carbocycles. The quantitative estimate of drug-likeness (QED) is 0.840. The molecule has 1 N–H and O–H groups in total. The highest BCUT2D eigenvalue weighted by Crippen LogP contribution is 2.31. The molecule has 0 aromatic carbocycles. The van der Waals surface area contributed by atoms with E-state index in [0.717, 1.165) is 23.9 Å². The van der Waals surface area contributed by atoms with E-state index in [1.807, 2.05) is 0 Å². The molecule has 0 spiro atoms. The number of rotatable bonds is 5. The zero-order valence-electron chi connectivity index (χ0n) is 14.2. The Labute approximate surface area is 131 Å². The van der Waals surface area contributed by atoms with Gasteiger partial charge in [0.1, 0.15) is 0 Å². The van der Waals surface area contributed by atoms with Gasteiger partial charge in [-0.05, 0) is 63.5 Å². The summed E-state index contributed by atoms with van der Waals surface area (Å²) < 4.78 is 0. The van der Waals surface area contributed by atoms with Crippen molar-refractivity contribution in [1.29, 1.82) is 0 Å². The fourth-order valence-corrected chi connectivity index (χ4v) is 4.85. The van der Waals surface area contributed by atoms with E-state index >= 15 is 0 Å². The third-order valence-electron chi connectivity index (χ3n) is 6.07. The second-order valence-electron chi connectivity index (χ2n) is 7.83. The molecule has 3 nitrogen and oxygen atoms in total. The van der Waals surface area contributed by atoms with Gasteiger partial charge >= 0.3 is 0 Å². The van der Waals surface area contributed by atoms with Crippen LogP contribution in [0.5, 0.6) is 0 Å². The Balaban J connectivity index is 1.53. The third-order valence-corrected chi connectivity index (χ3v) is 6.07. The van der Waals surface area contributed by atoms with Crippen LogP contribution in [-0.4, -0.2) is 61.2 Å². The van der Waals surface area contributed by atoms with Crippen molar-refractivity contribution in [3.05, 3.63) is 0 Å². The number of nitrogens with zero attached hydrogens (tertiary/aromatic N) is 2. The van der Waals surface area contributed by atoms with Crippen molar-refractivity contribution in [3.63, 3.8) is 0 Å². The van der Waals surface area contributed by atoms with Gasteiger partial charge in [0.05, 0.1) is 0 Å². The third kappa shape index (κ3) is 4.00. The van der Waals surface area contributed by atoms with Crippen molar-refractivity contribution < 1.29 is 0 Å². The Morgan fingerprint density at radius 3 is 2.86 bits per heavy atom. The fraction of sp³-hybridized carbons (Fsp3) is 1.00. The monoisotopic (exact) mass is 293 g/mol. The Kier molecular flexibility index (Phi) is 5.58. The number of fused-ring (bicyclic) bond motifs is 1. The lowest BCUT2D eigenvalue weighted by molar-refractivity contribution is 0.0715. The van der Waals surface area contributed by atoms with Crippen LogP contribution in [0, 0.1) is 11.8 Å². The molecule has 3 heteroatoms. The van der Waals surface area contributed by atoms with Crippen LogP contribution >= 0.6 is 0 Å². The first kappa shape index (κ1) is 15.8. The summed E-state index contributed by atoms with van der Waals surface area (Å²) in [6.07, 6.45) is 8.39. The molecule has 122 valence electrons. The summed E-state index contributed by atoms with van der Waals surface area (Å²) in [7, 11) is 0. The Hall–Kier alpha value is -0.120. The van der Waals surface area contributed by atoms with Crippen LogP contribution in [0.15, 0.2) is 0 Å². The minimum absolute atomic E-state index is 0.780. The van der Waals surface area contributed by atoms with Gasteiger partial charge in [0.25, 0.3) is 0 Å². The molecule has 0 aromatic rings. The minimum atomic E-state index is 0.780. The zero-order chi connectivity index (χ0) is 14.7. The highest BCUT2D eigenvalue weighted by atomic mass is 15.3. The van der Waals surface area contributed by atoms with Gasteiger partial charge in [-0.2, -0.15) is 0 Å². The molecule has 2 saturated heterocycles. The van der Waals surface area contributed by atoms with Gasteiger partial charge in [-0.25, -0.2) is 0 Å². The van der Waals surface area contributed by atoms with E-state index in [1.165, 1.54) is 77.8 Å². The van der Waals surface area contributed by atoms with Crippen molar-refractivity contribution in [2.24, 2.45) is 11.8 Å². The molecule has 0 amide bonds. The molecule has 4 atom stereocenters. The molecular weight excluding hydrogens is 258 g/mol. The Morgan fingerprint density at radius 2 is 2.00 bits per heavy atom. The Morgan fingerprint density at radius 1 is 1.10 bits per heavy atom.